The van der Waals surface area contributed by atoms with E-state index in [9.17, 15) is 9.90 Å². The predicted molar refractivity (Wildman–Crippen MR) is 125 cm³/mol. The Kier molecular flexibility index (Phi) is 26.4. The van der Waals surface area contributed by atoms with Crippen molar-refractivity contribution in [1.82, 2.24) is 4.90 Å². The molecule has 0 aromatic heterocycles. The predicted octanol–water partition coefficient (Wildman–Crippen LogP) is 3.15. The van der Waals surface area contributed by atoms with Gasteiger partial charge in [0.2, 0.25) is 0 Å². The largest absolute Gasteiger partial charge is 1.00 e. The molecule has 4 heteroatoms. The van der Waals surface area contributed by atoms with Crippen LogP contribution in [0.4, 0.5) is 0 Å². The molecule has 0 radical (unpaired) electrons. The Morgan fingerprint density at radius 1 is 0.800 bits per heavy atom. The van der Waals surface area contributed by atoms with Crippen molar-refractivity contribution in [3.8, 4) is 0 Å². The van der Waals surface area contributed by atoms with Gasteiger partial charge < -0.3 is 9.90 Å². The smallest absolute Gasteiger partial charge is 0.549 e. The van der Waals surface area contributed by atoms with Gasteiger partial charge in [0.15, 0.2) is 0 Å². The van der Waals surface area contributed by atoms with E-state index in [0.717, 1.165) is 25.9 Å². The number of carbonyl (C=O) groups excluding carboxylic acids is 1. The molecule has 0 saturated heterocycles. The van der Waals surface area contributed by atoms with Crippen molar-refractivity contribution in [2.45, 2.75) is 105 Å². The van der Waals surface area contributed by atoms with E-state index in [-0.39, 0.29) is 57.9 Å². The van der Waals surface area contributed by atoms with Gasteiger partial charge in [-0.3, -0.25) is 4.90 Å². The van der Waals surface area contributed by atoms with Crippen LogP contribution in [0.3, 0.4) is 0 Å². The van der Waals surface area contributed by atoms with Crippen molar-refractivity contribution in [3.63, 3.8) is 0 Å². The van der Waals surface area contributed by atoms with Crippen LogP contribution in [0.5, 0.6) is 0 Å². The minimum absolute atomic E-state index is 0. The number of unbranched alkanes of at least 4 members (excludes halogenated alkanes) is 6. The molecular formula is C26H48KNO2. The summed E-state index contributed by atoms with van der Waals surface area (Å²) >= 11 is 0. The van der Waals surface area contributed by atoms with Crippen LogP contribution in [0.15, 0.2) is 24.3 Å². The summed E-state index contributed by atoms with van der Waals surface area (Å²) in [6, 6.07) is 0. The van der Waals surface area contributed by atoms with E-state index >= 15 is 0 Å². The number of allylic oxidation sites excluding steroid dienone is 4. The van der Waals surface area contributed by atoms with Crippen LogP contribution >= 0.6 is 0 Å². The summed E-state index contributed by atoms with van der Waals surface area (Å²) in [6.45, 7) is 10.5. The second-order valence-electron chi connectivity index (χ2n) is 8.53. The van der Waals surface area contributed by atoms with Gasteiger partial charge in [-0.15, -0.1) is 0 Å². The number of rotatable bonds is 20. The Hall–Kier alpha value is 0.546. The Morgan fingerprint density at radius 2 is 1.23 bits per heavy atom. The Balaban J connectivity index is 0. The number of carbonyl (C=O) groups is 1. The van der Waals surface area contributed by atoms with Crippen molar-refractivity contribution in [2.24, 2.45) is 11.8 Å². The summed E-state index contributed by atoms with van der Waals surface area (Å²) in [7, 11) is 0. The van der Waals surface area contributed by atoms with Crippen LogP contribution in [0.1, 0.15) is 105 Å². The molecule has 30 heavy (non-hydrogen) atoms. The van der Waals surface area contributed by atoms with Crippen LogP contribution in [0.2, 0.25) is 0 Å². The Bertz CT molecular complexity index is 405. The molecule has 0 aliphatic rings. The van der Waals surface area contributed by atoms with Crippen molar-refractivity contribution in [3.05, 3.63) is 24.3 Å². The topological polar surface area (TPSA) is 43.4 Å². The first kappa shape index (κ1) is 32.7. The summed E-state index contributed by atoms with van der Waals surface area (Å²) in [5, 5.41) is 11.3. The molecule has 170 valence electrons. The van der Waals surface area contributed by atoms with Crippen LogP contribution in [-0.2, 0) is 4.79 Å². The average Bonchev–Trinajstić information content (AvgIpc) is 2.70. The van der Waals surface area contributed by atoms with Crippen molar-refractivity contribution >= 4 is 5.97 Å². The van der Waals surface area contributed by atoms with E-state index < -0.39 is 5.97 Å². The van der Waals surface area contributed by atoms with Crippen LogP contribution < -0.4 is 56.5 Å². The summed E-state index contributed by atoms with van der Waals surface area (Å²) in [5.74, 6) is 0.247. The van der Waals surface area contributed by atoms with Crippen LogP contribution in [-0.4, -0.2) is 30.5 Å². The zero-order chi connectivity index (χ0) is 21.7. The van der Waals surface area contributed by atoms with Crippen LogP contribution in [0, 0.1) is 11.8 Å². The maximum absolute atomic E-state index is 11.3. The first-order valence-corrected chi connectivity index (χ1v) is 12.2. The first-order valence-electron chi connectivity index (χ1n) is 12.2. The second-order valence-corrected chi connectivity index (χ2v) is 8.53. The number of carboxylic acids is 1. The molecule has 3 nitrogen and oxygen atoms in total. The molecule has 0 rings (SSSR count). The fraction of sp³-hybridized carbons (Fsp3) is 0.808. The zero-order valence-corrected chi connectivity index (χ0v) is 24.0. The van der Waals surface area contributed by atoms with Gasteiger partial charge in [0.25, 0.3) is 0 Å². The molecule has 2 unspecified atom stereocenters. The summed E-state index contributed by atoms with van der Waals surface area (Å²) in [6.07, 6.45) is 23.3. The van der Waals surface area contributed by atoms with E-state index in [2.05, 4.69) is 56.9 Å². The van der Waals surface area contributed by atoms with Crippen molar-refractivity contribution < 1.29 is 61.3 Å². The van der Waals surface area contributed by atoms with Gasteiger partial charge in [0.1, 0.15) is 0 Å². The van der Waals surface area contributed by atoms with Gasteiger partial charge >= 0.3 is 51.4 Å². The van der Waals surface area contributed by atoms with Gasteiger partial charge in [-0.2, -0.15) is 0 Å². The number of hydrogen-bond acceptors (Lipinski definition) is 3. The molecule has 0 saturated carbocycles. The van der Waals surface area contributed by atoms with E-state index in [1.165, 1.54) is 64.2 Å². The molecule has 0 spiro atoms. The van der Waals surface area contributed by atoms with E-state index in [1.807, 2.05) is 0 Å². The van der Waals surface area contributed by atoms with Gasteiger partial charge in [-0.1, -0.05) is 76.7 Å². The fourth-order valence-corrected chi connectivity index (χ4v) is 4.04. The summed E-state index contributed by atoms with van der Waals surface area (Å²) < 4.78 is 0. The van der Waals surface area contributed by atoms with Crippen molar-refractivity contribution in [2.75, 3.05) is 19.6 Å². The van der Waals surface area contributed by atoms with Gasteiger partial charge in [0.05, 0.1) is 5.97 Å². The minimum Gasteiger partial charge on any atom is -0.549 e. The van der Waals surface area contributed by atoms with Crippen molar-refractivity contribution in [1.29, 1.82) is 0 Å². The fourth-order valence-electron chi connectivity index (χ4n) is 4.04. The molecule has 0 aliphatic carbocycles. The number of aliphatic carboxylic acids is 1. The maximum Gasteiger partial charge on any atom is 1.00 e. The van der Waals surface area contributed by atoms with Crippen LogP contribution in [0.25, 0.3) is 0 Å². The third-order valence-corrected chi connectivity index (χ3v) is 5.98. The van der Waals surface area contributed by atoms with E-state index in [4.69, 9.17) is 0 Å². The van der Waals surface area contributed by atoms with E-state index in [1.54, 1.807) is 0 Å². The molecular weight excluding hydrogens is 397 g/mol. The molecule has 0 N–H and O–H groups in total. The van der Waals surface area contributed by atoms with Gasteiger partial charge in [-0.05, 0) is 64.2 Å². The second kappa shape index (κ2) is 24.2. The molecule has 2 atom stereocenters. The summed E-state index contributed by atoms with van der Waals surface area (Å²) in [5.41, 5.74) is 0. The summed E-state index contributed by atoms with van der Waals surface area (Å²) in [4.78, 5) is 13.5. The Morgan fingerprint density at radius 3 is 1.57 bits per heavy atom. The number of hydrogen-bond donors (Lipinski definition) is 0. The monoisotopic (exact) mass is 445 g/mol. The molecule has 0 aromatic rings. The third-order valence-electron chi connectivity index (χ3n) is 5.98. The molecule has 0 aliphatic heterocycles. The zero-order valence-electron chi connectivity index (χ0n) is 20.8. The first-order chi connectivity index (χ1) is 14.1. The molecule has 0 fully saturated rings. The number of nitrogens with zero attached hydrogens (tertiary/aromatic N) is 1. The molecule has 0 amide bonds. The minimum atomic E-state index is -0.938. The quantitative estimate of drug-likeness (QED) is 0.164. The maximum atomic E-state index is 11.3. The molecule has 0 heterocycles. The average molecular weight is 446 g/mol. The third kappa shape index (κ3) is 20.4. The SMILES string of the molecule is C/C=C/CCCCCC(CC)CN(CC(=O)[O-])CC(CC)CCCCC/C=C/C.[K+]. The standard InChI is InChI=1S/C26H49NO2.K/c1-5-9-11-13-15-17-19-24(7-3)21-27(23-26(28)29)22-25(8-4)20-18-16-14-12-10-6-2;/h5-6,9-10,24-25H,7-8,11-23H2,1-4H3,(H,28,29);/q;+1/p-1/b9-5+,10-6+;. The van der Waals surface area contributed by atoms with E-state index in [0.29, 0.717) is 11.8 Å². The normalized spacial score (nSPS) is 13.8. The molecule has 0 aromatic carbocycles. The molecule has 0 bridgehead atoms. The van der Waals surface area contributed by atoms with Gasteiger partial charge in [0, 0.05) is 19.6 Å². The van der Waals surface area contributed by atoms with Gasteiger partial charge in [-0.25, -0.2) is 0 Å². The Labute approximate surface area is 230 Å². The number of carboxylic acid groups (broad SMARTS) is 1.